The molecule has 0 aromatic heterocycles. The second-order valence-corrected chi connectivity index (χ2v) is 5.31. The standard InChI is InChI=1S/C15H32O2/c1-4-8-15(10-7-12-17)13(3)14(5-2)9-6-11-16/h13-17H,4-12H2,1-3H3. The van der Waals surface area contributed by atoms with Crippen LogP contribution in [0.15, 0.2) is 0 Å². The molecule has 0 saturated carbocycles. The van der Waals surface area contributed by atoms with Crippen molar-refractivity contribution in [2.24, 2.45) is 17.8 Å². The highest BCUT2D eigenvalue weighted by Gasteiger charge is 2.23. The van der Waals surface area contributed by atoms with Crippen LogP contribution >= 0.6 is 0 Å². The quantitative estimate of drug-likeness (QED) is 0.583. The van der Waals surface area contributed by atoms with Crippen LogP contribution in [0.2, 0.25) is 0 Å². The second kappa shape index (κ2) is 11.0. The Morgan fingerprint density at radius 3 is 1.76 bits per heavy atom. The predicted molar refractivity (Wildman–Crippen MR) is 74.0 cm³/mol. The van der Waals surface area contributed by atoms with Crippen LogP contribution in [0.4, 0.5) is 0 Å². The second-order valence-electron chi connectivity index (χ2n) is 5.31. The summed E-state index contributed by atoms with van der Waals surface area (Å²) in [7, 11) is 0. The first kappa shape index (κ1) is 16.9. The molecule has 0 heterocycles. The molecule has 0 aliphatic carbocycles. The Kier molecular flexibility index (Phi) is 11.0. The van der Waals surface area contributed by atoms with Crippen LogP contribution in [0, 0.1) is 17.8 Å². The van der Waals surface area contributed by atoms with Gasteiger partial charge in [-0.2, -0.15) is 0 Å². The Hall–Kier alpha value is -0.0800. The summed E-state index contributed by atoms with van der Waals surface area (Å²) in [6.45, 7) is 7.50. The minimum absolute atomic E-state index is 0.318. The zero-order valence-corrected chi connectivity index (χ0v) is 12.0. The van der Waals surface area contributed by atoms with Gasteiger partial charge in [-0.05, 0) is 43.4 Å². The van der Waals surface area contributed by atoms with Crippen LogP contribution in [-0.2, 0) is 0 Å². The maximum absolute atomic E-state index is 8.97. The summed E-state index contributed by atoms with van der Waals surface area (Å²) in [4.78, 5) is 0. The monoisotopic (exact) mass is 244 g/mol. The molecule has 0 aromatic carbocycles. The van der Waals surface area contributed by atoms with E-state index < -0.39 is 0 Å². The molecule has 0 spiro atoms. The topological polar surface area (TPSA) is 40.5 Å². The normalized spacial score (nSPS) is 16.8. The highest BCUT2D eigenvalue weighted by Crippen LogP contribution is 2.32. The van der Waals surface area contributed by atoms with Gasteiger partial charge in [-0.25, -0.2) is 0 Å². The Morgan fingerprint density at radius 2 is 1.35 bits per heavy atom. The Labute approximate surface area is 107 Å². The van der Waals surface area contributed by atoms with Gasteiger partial charge in [0.15, 0.2) is 0 Å². The molecule has 0 amide bonds. The average molecular weight is 244 g/mol. The van der Waals surface area contributed by atoms with E-state index in [1.807, 2.05) is 0 Å². The maximum Gasteiger partial charge on any atom is 0.0431 e. The minimum Gasteiger partial charge on any atom is -0.396 e. The lowest BCUT2D eigenvalue weighted by atomic mass is 9.75. The fraction of sp³-hybridized carbons (Fsp3) is 1.00. The van der Waals surface area contributed by atoms with Crippen LogP contribution in [0.3, 0.4) is 0 Å². The first-order chi connectivity index (χ1) is 8.21. The van der Waals surface area contributed by atoms with Crippen LogP contribution in [-0.4, -0.2) is 23.4 Å². The fourth-order valence-corrected chi connectivity index (χ4v) is 2.97. The van der Waals surface area contributed by atoms with Crippen molar-refractivity contribution in [3.8, 4) is 0 Å². The van der Waals surface area contributed by atoms with Crippen molar-refractivity contribution in [2.75, 3.05) is 13.2 Å². The van der Waals surface area contributed by atoms with E-state index in [1.165, 1.54) is 19.3 Å². The van der Waals surface area contributed by atoms with E-state index in [1.54, 1.807) is 0 Å². The minimum atomic E-state index is 0.318. The molecule has 0 radical (unpaired) electrons. The predicted octanol–water partition coefficient (Wildman–Crippen LogP) is 3.61. The lowest BCUT2D eigenvalue weighted by Crippen LogP contribution is -2.21. The van der Waals surface area contributed by atoms with Gasteiger partial charge in [0.1, 0.15) is 0 Å². The molecule has 2 N–H and O–H groups in total. The van der Waals surface area contributed by atoms with Gasteiger partial charge in [-0.15, -0.1) is 0 Å². The van der Waals surface area contributed by atoms with Gasteiger partial charge >= 0.3 is 0 Å². The zero-order chi connectivity index (χ0) is 13.1. The summed E-state index contributed by atoms with van der Waals surface area (Å²) in [5.74, 6) is 2.20. The Balaban J connectivity index is 4.26. The Bertz CT molecular complexity index is 159. The molecule has 0 rings (SSSR count). The van der Waals surface area contributed by atoms with E-state index in [-0.39, 0.29) is 0 Å². The number of aliphatic hydroxyl groups excluding tert-OH is 2. The molecule has 2 heteroatoms. The van der Waals surface area contributed by atoms with E-state index in [0.717, 1.165) is 43.4 Å². The summed E-state index contributed by atoms with van der Waals surface area (Å²) < 4.78 is 0. The first-order valence-electron chi connectivity index (χ1n) is 7.42. The summed E-state index contributed by atoms with van der Waals surface area (Å²) in [5, 5.41) is 17.9. The number of aliphatic hydroxyl groups is 2. The molecule has 17 heavy (non-hydrogen) atoms. The third-order valence-corrected chi connectivity index (χ3v) is 4.14. The van der Waals surface area contributed by atoms with Crippen LogP contribution in [0.25, 0.3) is 0 Å². The van der Waals surface area contributed by atoms with Crippen molar-refractivity contribution in [1.82, 2.24) is 0 Å². The van der Waals surface area contributed by atoms with Gasteiger partial charge < -0.3 is 10.2 Å². The molecular formula is C15H32O2. The van der Waals surface area contributed by atoms with Crippen LogP contribution in [0.5, 0.6) is 0 Å². The van der Waals surface area contributed by atoms with Gasteiger partial charge in [0.25, 0.3) is 0 Å². The molecule has 3 atom stereocenters. The van der Waals surface area contributed by atoms with Gasteiger partial charge in [0.2, 0.25) is 0 Å². The maximum atomic E-state index is 8.97. The summed E-state index contributed by atoms with van der Waals surface area (Å²) in [6.07, 6.45) is 7.88. The number of hydrogen-bond donors (Lipinski definition) is 2. The number of rotatable bonds is 11. The lowest BCUT2D eigenvalue weighted by molar-refractivity contribution is 0.175. The van der Waals surface area contributed by atoms with Crippen LogP contribution < -0.4 is 0 Å². The highest BCUT2D eigenvalue weighted by molar-refractivity contribution is 4.73. The van der Waals surface area contributed by atoms with Crippen molar-refractivity contribution < 1.29 is 10.2 Å². The van der Waals surface area contributed by atoms with E-state index in [0.29, 0.717) is 13.2 Å². The molecule has 0 aliphatic heterocycles. The van der Waals surface area contributed by atoms with E-state index >= 15 is 0 Å². The molecule has 0 bridgehead atoms. The van der Waals surface area contributed by atoms with Crippen molar-refractivity contribution >= 4 is 0 Å². The van der Waals surface area contributed by atoms with Gasteiger partial charge in [-0.3, -0.25) is 0 Å². The molecule has 0 aromatic rings. The van der Waals surface area contributed by atoms with Crippen molar-refractivity contribution in [3.63, 3.8) is 0 Å². The first-order valence-corrected chi connectivity index (χ1v) is 7.42. The van der Waals surface area contributed by atoms with E-state index in [4.69, 9.17) is 10.2 Å². The van der Waals surface area contributed by atoms with Crippen molar-refractivity contribution in [1.29, 1.82) is 0 Å². The average Bonchev–Trinajstić information content (AvgIpc) is 2.35. The Morgan fingerprint density at radius 1 is 0.824 bits per heavy atom. The third-order valence-electron chi connectivity index (χ3n) is 4.14. The highest BCUT2D eigenvalue weighted by atomic mass is 16.3. The zero-order valence-electron chi connectivity index (χ0n) is 12.0. The van der Waals surface area contributed by atoms with Gasteiger partial charge in [0, 0.05) is 13.2 Å². The summed E-state index contributed by atoms with van der Waals surface area (Å²) in [5.41, 5.74) is 0. The van der Waals surface area contributed by atoms with E-state index in [2.05, 4.69) is 20.8 Å². The molecular weight excluding hydrogens is 212 g/mol. The summed E-state index contributed by atoms with van der Waals surface area (Å²) >= 11 is 0. The van der Waals surface area contributed by atoms with Gasteiger partial charge in [0.05, 0.1) is 0 Å². The number of hydrogen-bond acceptors (Lipinski definition) is 2. The largest absolute Gasteiger partial charge is 0.396 e. The van der Waals surface area contributed by atoms with Gasteiger partial charge in [-0.1, -0.05) is 40.0 Å². The van der Waals surface area contributed by atoms with Crippen LogP contribution in [0.1, 0.15) is 65.7 Å². The van der Waals surface area contributed by atoms with E-state index in [9.17, 15) is 0 Å². The fourth-order valence-electron chi connectivity index (χ4n) is 2.97. The third kappa shape index (κ3) is 7.05. The summed E-state index contributed by atoms with van der Waals surface area (Å²) in [6, 6.07) is 0. The molecule has 0 saturated heterocycles. The molecule has 104 valence electrons. The molecule has 2 nitrogen and oxygen atoms in total. The molecule has 0 aliphatic rings. The molecule has 3 unspecified atom stereocenters. The molecule has 0 fully saturated rings. The SMILES string of the molecule is CCCC(CCCO)C(C)C(CC)CCCO. The smallest absolute Gasteiger partial charge is 0.0431 e. The lowest BCUT2D eigenvalue weighted by Gasteiger charge is -2.30. The van der Waals surface area contributed by atoms with Crippen molar-refractivity contribution in [2.45, 2.75) is 65.7 Å². The van der Waals surface area contributed by atoms with Crippen molar-refractivity contribution in [3.05, 3.63) is 0 Å².